The fourth-order valence-electron chi connectivity index (χ4n) is 5.31. The first-order chi connectivity index (χ1) is 17.4. The standard InChI is InChI=1S/C27H33FN4O4/c1-36-23-12-11-19(17-21(23)28)27(35)32-15-13-31(14-16-32)22-10-6-5-9-20(22)26(34)30-24(25(29)33)18-7-3-2-4-8-18/h2-4,7-8,11-12,17,20,22,24H,5-6,9-10,13-16H2,1H3,(H2,29,33)(H,30,34)/t20-,22-,24+/m1/s1. The van der Waals surface area contributed by atoms with Crippen molar-refractivity contribution in [1.82, 2.24) is 15.1 Å². The van der Waals surface area contributed by atoms with Crippen LogP contribution in [0.15, 0.2) is 48.5 Å². The number of carbonyl (C=O) groups is 3. The van der Waals surface area contributed by atoms with Crippen LogP contribution in [0.2, 0.25) is 0 Å². The Balaban J connectivity index is 1.39. The minimum absolute atomic E-state index is 0.0266. The number of piperazine rings is 1. The molecule has 3 N–H and O–H groups in total. The summed E-state index contributed by atoms with van der Waals surface area (Å²) in [7, 11) is 1.38. The van der Waals surface area contributed by atoms with Gasteiger partial charge in [0.1, 0.15) is 6.04 Å². The average Bonchev–Trinajstić information content (AvgIpc) is 2.91. The Labute approximate surface area is 210 Å². The number of nitrogens with zero attached hydrogens (tertiary/aromatic N) is 2. The van der Waals surface area contributed by atoms with Crippen LogP contribution in [0.1, 0.15) is 47.6 Å². The molecule has 1 heterocycles. The molecule has 8 nitrogen and oxygen atoms in total. The number of hydrogen-bond acceptors (Lipinski definition) is 5. The summed E-state index contributed by atoms with van der Waals surface area (Å²) in [5.74, 6) is -1.71. The SMILES string of the molecule is COc1ccc(C(=O)N2CCN([C@@H]3CCCC[C@H]3C(=O)N[C@H](C(N)=O)c3ccccc3)CC2)cc1F. The Morgan fingerprint density at radius 3 is 2.36 bits per heavy atom. The maximum absolute atomic E-state index is 14.1. The van der Waals surface area contributed by atoms with Gasteiger partial charge in [-0.2, -0.15) is 0 Å². The van der Waals surface area contributed by atoms with Crippen molar-refractivity contribution < 1.29 is 23.5 Å². The van der Waals surface area contributed by atoms with E-state index in [2.05, 4.69) is 10.2 Å². The highest BCUT2D eigenvalue weighted by atomic mass is 19.1. The summed E-state index contributed by atoms with van der Waals surface area (Å²) in [6.45, 7) is 2.23. The molecule has 1 saturated carbocycles. The molecule has 1 saturated heterocycles. The second kappa shape index (κ2) is 11.5. The van der Waals surface area contributed by atoms with Gasteiger partial charge in [-0.3, -0.25) is 19.3 Å². The van der Waals surface area contributed by atoms with Crippen LogP contribution in [-0.4, -0.2) is 66.9 Å². The number of ether oxygens (including phenoxy) is 1. The van der Waals surface area contributed by atoms with Crippen molar-refractivity contribution in [2.45, 2.75) is 37.8 Å². The number of methoxy groups -OCH3 is 1. The van der Waals surface area contributed by atoms with Gasteiger partial charge >= 0.3 is 0 Å². The Morgan fingerprint density at radius 2 is 1.72 bits per heavy atom. The van der Waals surface area contributed by atoms with Gasteiger partial charge < -0.3 is 20.7 Å². The molecular formula is C27H33FN4O4. The Bertz CT molecular complexity index is 1090. The Morgan fingerprint density at radius 1 is 1.03 bits per heavy atom. The quantitative estimate of drug-likeness (QED) is 0.613. The number of rotatable bonds is 7. The third-order valence-electron chi connectivity index (χ3n) is 7.24. The van der Waals surface area contributed by atoms with Crippen LogP contribution >= 0.6 is 0 Å². The molecule has 4 rings (SSSR count). The van der Waals surface area contributed by atoms with Gasteiger partial charge in [0.25, 0.3) is 5.91 Å². The number of primary amides is 1. The molecule has 2 aromatic rings. The zero-order valence-electron chi connectivity index (χ0n) is 20.5. The number of hydrogen-bond donors (Lipinski definition) is 2. The van der Waals surface area contributed by atoms with E-state index in [1.165, 1.54) is 19.2 Å². The predicted octanol–water partition coefficient (Wildman–Crippen LogP) is 2.49. The minimum atomic E-state index is -0.874. The summed E-state index contributed by atoms with van der Waals surface area (Å²) in [6.07, 6.45) is 3.59. The van der Waals surface area contributed by atoms with Crippen LogP contribution in [-0.2, 0) is 9.59 Å². The van der Waals surface area contributed by atoms with Gasteiger partial charge in [-0.05, 0) is 36.6 Å². The van der Waals surface area contributed by atoms with Gasteiger partial charge in [0, 0.05) is 37.8 Å². The van der Waals surface area contributed by atoms with E-state index >= 15 is 0 Å². The van der Waals surface area contributed by atoms with E-state index in [4.69, 9.17) is 10.5 Å². The highest BCUT2D eigenvalue weighted by Gasteiger charge is 2.38. The smallest absolute Gasteiger partial charge is 0.254 e. The average molecular weight is 497 g/mol. The number of halogens is 1. The second-order valence-electron chi connectivity index (χ2n) is 9.39. The van der Waals surface area contributed by atoms with E-state index < -0.39 is 17.8 Å². The monoisotopic (exact) mass is 496 g/mol. The van der Waals surface area contributed by atoms with E-state index in [1.807, 2.05) is 18.2 Å². The topological polar surface area (TPSA) is 105 Å². The highest BCUT2D eigenvalue weighted by molar-refractivity contribution is 5.94. The fourth-order valence-corrected chi connectivity index (χ4v) is 5.31. The predicted molar refractivity (Wildman–Crippen MR) is 133 cm³/mol. The number of nitrogens with one attached hydrogen (secondary N) is 1. The fraction of sp³-hybridized carbons (Fsp3) is 0.444. The normalized spacial score (nSPS) is 21.4. The third kappa shape index (κ3) is 5.67. The Hall–Kier alpha value is -3.46. The van der Waals surface area contributed by atoms with Gasteiger partial charge in [-0.15, -0.1) is 0 Å². The maximum atomic E-state index is 14.1. The lowest BCUT2D eigenvalue weighted by atomic mass is 9.82. The van der Waals surface area contributed by atoms with Gasteiger partial charge in [0.15, 0.2) is 11.6 Å². The lowest BCUT2D eigenvalue weighted by Crippen LogP contribution is -2.56. The number of carbonyl (C=O) groups excluding carboxylic acids is 3. The number of nitrogens with two attached hydrogens (primary N) is 1. The van der Waals surface area contributed by atoms with Gasteiger partial charge in [-0.1, -0.05) is 43.2 Å². The molecule has 0 radical (unpaired) electrons. The molecule has 2 aliphatic rings. The van der Waals surface area contributed by atoms with Crippen LogP contribution in [0.3, 0.4) is 0 Å². The summed E-state index contributed by atoms with van der Waals surface area (Å²) in [6, 6.07) is 12.4. The van der Waals surface area contributed by atoms with E-state index in [1.54, 1.807) is 23.1 Å². The second-order valence-corrected chi connectivity index (χ2v) is 9.39. The molecule has 0 aromatic heterocycles. The van der Waals surface area contributed by atoms with E-state index in [-0.39, 0.29) is 35.1 Å². The molecule has 1 aliphatic carbocycles. The minimum Gasteiger partial charge on any atom is -0.494 e. The van der Waals surface area contributed by atoms with Crippen LogP contribution in [0.5, 0.6) is 5.75 Å². The zero-order valence-corrected chi connectivity index (χ0v) is 20.5. The van der Waals surface area contributed by atoms with Gasteiger partial charge in [0.2, 0.25) is 11.8 Å². The molecule has 2 fully saturated rings. The Kier molecular flexibility index (Phi) is 8.20. The molecule has 2 aromatic carbocycles. The highest BCUT2D eigenvalue weighted by Crippen LogP contribution is 2.30. The van der Waals surface area contributed by atoms with Crippen LogP contribution in [0, 0.1) is 11.7 Å². The van der Waals surface area contributed by atoms with E-state index in [9.17, 15) is 18.8 Å². The van der Waals surface area contributed by atoms with Crippen molar-refractivity contribution in [3.8, 4) is 5.75 Å². The maximum Gasteiger partial charge on any atom is 0.254 e. The zero-order chi connectivity index (χ0) is 25.7. The molecule has 0 spiro atoms. The lowest BCUT2D eigenvalue weighted by molar-refractivity contribution is -0.133. The molecule has 36 heavy (non-hydrogen) atoms. The van der Waals surface area contributed by atoms with E-state index in [0.717, 1.165) is 25.7 Å². The van der Waals surface area contributed by atoms with Crippen LogP contribution in [0.4, 0.5) is 4.39 Å². The van der Waals surface area contributed by atoms with Crippen molar-refractivity contribution in [3.05, 3.63) is 65.5 Å². The molecular weight excluding hydrogens is 463 g/mol. The first-order valence-electron chi connectivity index (χ1n) is 12.4. The third-order valence-corrected chi connectivity index (χ3v) is 7.24. The largest absolute Gasteiger partial charge is 0.494 e. The molecule has 9 heteroatoms. The summed E-state index contributed by atoms with van der Waals surface area (Å²) in [5, 5.41) is 2.88. The van der Waals surface area contributed by atoms with Crippen molar-refractivity contribution in [1.29, 1.82) is 0 Å². The molecule has 3 atom stereocenters. The summed E-state index contributed by atoms with van der Waals surface area (Å²) < 4.78 is 19.0. The van der Waals surface area contributed by atoms with Gasteiger partial charge in [-0.25, -0.2) is 4.39 Å². The van der Waals surface area contributed by atoms with Crippen molar-refractivity contribution in [3.63, 3.8) is 0 Å². The van der Waals surface area contributed by atoms with Crippen molar-refractivity contribution in [2.75, 3.05) is 33.3 Å². The molecule has 0 unspecified atom stereocenters. The van der Waals surface area contributed by atoms with Crippen LogP contribution < -0.4 is 15.8 Å². The van der Waals surface area contributed by atoms with Crippen molar-refractivity contribution >= 4 is 17.7 Å². The number of benzene rings is 2. The summed E-state index contributed by atoms with van der Waals surface area (Å²) >= 11 is 0. The lowest BCUT2D eigenvalue weighted by Gasteiger charge is -2.44. The van der Waals surface area contributed by atoms with Crippen LogP contribution in [0.25, 0.3) is 0 Å². The first kappa shape index (κ1) is 25.6. The summed E-state index contributed by atoms with van der Waals surface area (Å²) in [5.41, 5.74) is 6.56. The molecule has 1 aliphatic heterocycles. The molecule has 192 valence electrons. The summed E-state index contributed by atoms with van der Waals surface area (Å²) in [4.78, 5) is 42.3. The number of amides is 3. The first-order valence-corrected chi connectivity index (χ1v) is 12.4. The van der Waals surface area contributed by atoms with Gasteiger partial charge in [0.05, 0.1) is 13.0 Å². The van der Waals surface area contributed by atoms with Crippen molar-refractivity contribution in [2.24, 2.45) is 11.7 Å². The van der Waals surface area contributed by atoms with E-state index in [0.29, 0.717) is 31.7 Å². The molecule has 3 amide bonds. The molecule has 0 bridgehead atoms.